The fourth-order valence-corrected chi connectivity index (χ4v) is 4.73. The van der Waals surface area contributed by atoms with Gasteiger partial charge in [0.2, 0.25) is 0 Å². The molecule has 1 aromatic heterocycles. The Bertz CT molecular complexity index is 1020. The fourth-order valence-electron chi connectivity index (χ4n) is 2.62. The van der Waals surface area contributed by atoms with E-state index in [2.05, 4.69) is 9.72 Å². The summed E-state index contributed by atoms with van der Waals surface area (Å²) in [6.45, 7) is 2.16. The maximum absolute atomic E-state index is 12.7. The summed E-state index contributed by atoms with van der Waals surface area (Å²) in [7, 11) is 1.34. The van der Waals surface area contributed by atoms with Crippen molar-refractivity contribution in [3.05, 3.63) is 64.7 Å². The molecule has 0 radical (unpaired) electrons. The monoisotopic (exact) mass is 467 g/mol. The van der Waals surface area contributed by atoms with Crippen LogP contribution in [0.4, 0.5) is 13.2 Å². The highest BCUT2D eigenvalue weighted by Gasteiger charge is 2.30. The Morgan fingerprint density at radius 2 is 1.77 bits per heavy atom. The molecule has 0 atom stereocenters. The molecule has 0 unspecified atom stereocenters. The number of aromatic nitrogens is 1. The number of benzene rings is 2. The first-order chi connectivity index (χ1) is 14.8. The van der Waals surface area contributed by atoms with Crippen LogP contribution in [-0.4, -0.2) is 24.7 Å². The predicted molar refractivity (Wildman–Crippen MR) is 115 cm³/mol. The lowest BCUT2D eigenvalue weighted by Gasteiger charge is -2.06. The van der Waals surface area contributed by atoms with Gasteiger partial charge in [0.05, 0.1) is 31.4 Å². The zero-order chi connectivity index (χ0) is 22.4. The molecule has 3 aromatic rings. The number of methoxy groups -OCH3 is 1. The van der Waals surface area contributed by atoms with Crippen molar-refractivity contribution in [3.63, 3.8) is 0 Å². The van der Waals surface area contributed by atoms with Gasteiger partial charge in [-0.25, -0.2) is 4.98 Å². The molecule has 0 N–H and O–H groups in total. The summed E-state index contributed by atoms with van der Waals surface area (Å²) >= 11 is 3.12. The van der Waals surface area contributed by atoms with Crippen molar-refractivity contribution in [2.75, 3.05) is 13.7 Å². The number of carbonyl (C=O) groups excluding carboxylic acids is 1. The summed E-state index contributed by atoms with van der Waals surface area (Å²) in [5, 5.41) is 0.705. The smallest absolute Gasteiger partial charge is 0.416 e. The molecule has 4 nitrogen and oxygen atoms in total. The summed E-state index contributed by atoms with van der Waals surface area (Å²) in [5.74, 6) is 1.06. The van der Waals surface area contributed by atoms with Crippen molar-refractivity contribution < 1.29 is 27.4 Å². The van der Waals surface area contributed by atoms with Crippen LogP contribution < -0.4 is 4.74 Å². The maximum Gasteiger partial charge on any atom is 0.416 e. The third-order valence-corrected chi connectivity index (χ3v) is 6.78. The highest BCUT2D eigenvalue weighted by molar-refractivity contribution is 7.98. The highest BCUT2D eigenvalue weighted by atomic mass is 32.2. The molecule has 0 bridgehead atoms. The summed E-state index contributed by atoms with van der Waals surface area (Å²) in [5.41, 5.74) is 0.874. The van der Waals surface area contributed by atoms with Gasteiger partial charge in [-0.15, -0.1) is 23.1 Å². The van der Waals surface area contributed by atoms with E-state index < -0.39 is 11.7 Å². The molecule has 0 fully saturated rings. The average Bonchev–Trinajstić information content (AvgIpc) is 3.13. The lowest BCUT2D eigenvalue weighted by molar-refractivity contribution is -0.141. The van der Waals surface area contributed by atoms with Gasteiger partial charge in [0, 0.05) is 21.1 Å². The van der Waals surface area contributed by atoms with Crippen LogP contribution in [0, 0.1) is 6.92 Å². The van der Waals surface area contributed by atoms with E-state index in [1.807, 2.05) is 31.2 Å². The molecule has 2 aromatic carbocycles. The Kier molecular flexibility index (Phi) is 7.61. The molecule has 0 saturated carbocycles. The number of carbonyl (C=O) groups is 1. The minimum absolute atomic E-state index is 0.193. The summed E-state index contributed by atoms with van der Waals surface area (Å²) < 4.78 is 48.3. The highest BCUT2D eigenvalue weighted by Crippen LogP contribution is 2.35. The number of nitrogens with zero attached hydrogens (tertiary/aromatic N) is 1. The third-order valence-electron chi connectivity index (χ3n) is 4.35. The minimum Gasteiger partial charge on any atom is -0.493 e. The van der Waals surface area contributed by atoms with Gasteiger partial charge in [0.25, 0.3) is 0 Å². The van der Waals surface area contributed by atoms with Crippen LogP contribution in [0.5, 0.6) is 5.75 Å². The van der Waals surface area contributed by atoms with Crippen LogP contribution in [0.15, 0.2) is 53.4 Å². The number of halogens is 3. The van der Waals surface area contributed by atoms with Crippen LogP contribution in [0.3, 0.4) is 0 Å². The van der Waals surface area contributed by atoms with E-state index in [1.54, 1.807) is 11.8 Å². The average molecular weight is 468 g/mol. The standard InChI is InChI=1S/C22H20F3NO3S2/c1-14-19(31-21(26-14)15-3-5-16(6-4-15)22(23,24)25)13-30-18-9-7-17(8-10-18)29-12-11-20(27)28-2/h3-10H,11-13H2,1-2H3. The molecule has 31 heavy (non-hydrogen) atoms. The van der Waals surface area contributed by atoms with Crippen LogP contribution in [0.25, 0.3) is 10.6 Å². The molecule has 1 heterocycles. The van der Waals surface area contributed by atoms with Crippen LogP contribution >= 0.6 is 23.1 Å². The van der Waals surface area contributed by atoms with E-state index in [1.165, 1.54) is 30.6 Å². The molecule has 0 aliphatic rings. The Morgan fingerprint density at radius 3 is 2.39 bits per heavy atom. The van der Waals surface area contributed by atoms with Gasteiger partial charge in [-0.3, -0.25) is 4.79 Å². The van der Waals surface area contributed by atoms with E-state index >= 15 is 0 Å². The molecule has 9 heteroatoms. The van der Waals surface area contributed by atoms with Crippen molar-refractivity contribution in [2.45, 2.75) is 30.2 Å². The van der Waals surface area contributed by atoms with Crippen molar-refractivity contribution in [1.82, 2.24) is 4.98 Å². The van der Waals surface area contributed by atoms with Crippen LogP contribution in [0.1, 0.15) is 22.6 Å². The number of rotatable bonds is 8. The summed E-state index contributed by atoms with van der Waals surface area (Å²) in [4.78, 5) is 17.7. The quantitative estimate of drug-likeness (QED) is 0.285. The zero-order valence-electron chi connectivity index (χ0n) is 16.9. The van der Waals surface area contributed by atoms with E-state index in [-0.39, 0.29) is 19.0 Å². The minimum atomic E-state index is -4.35. The first-order valence-corrected chi connectivity index (χ1v) is 11.1. The topological polar surface area (TPSA) is 48.4 Å². The molecular weight excluding hydrogens is 447 g/mol. The summed E-state index contributed by atoms with van der Waals surface area (Å²) in [6.07, 6.45) is -4.15. The van der Waals surface area contributed by atoms with E-state index in [4.69, 9.17) is 4.74 Å². The molecule has 0 spiro atoms. The van der Waals surface area contributed by atoms with Crippen molar-refractivity contribution >= 4 is 29.1 Å². The van der Waals surface area contributed by atoms with E-state index in [9.17, 15) is 18.0 Å². The Hall–Kier alpha value is -2.52. The van der Waals surface area contributed by atoms with Gasteiger partial charge in [-0.1, -0.05) is 12.1 Å². The van der Waals surface area contributed by atoms with Gasteiger partial charge in [-0.05, 0) is 43.3 Å². The fraction of sp³-hybridized carbons (Fsp3) is 0.273. The number of thioether (sulfide) groups is 1. The third kappa shape index (κ3) is 6.48. The van der Waals surface area contributed by atoms with Gasteiger partial charge in [-0.2, -0.15) is 13.2 Å². The molecular formula is C22H20F3NO3S2. The number of alkyl halides is 3. The SMILES string of the molecule is COC(=O)CCOc1ccc(SCc2sc(-c3ccc(C(F)(F)F)cc3)nc2C)cc1. The zero-order valence-corrected chi connectivity index (χ0v) is 18.5. The van der Waals surface area contributed by atoms with Gasteiger partial charge >= 0.3 is 12.1 Å². The number of esters is 1. The molecule has 0 saturated heterocycles. The first kappa shape index (κ1) is 23.1. The van der Waals surface area contributed by atoms with Crippen molar-refractivity contribution in [3.8, 4) is 16.3 Å². The molecule has 0 aliphatic heterocycles. The van der Waals surface area contributed by atoms with Crippen LogP contribution in [0.2, 0.25) is 0 Å². The normalized spacial score (nSPS) is 11.4. The summed E-state index contributed by atoms with van der Waals surface area (Å²) in [6, 6.07) is 12.6. The first-order valence-electron chi connectivity index (χ1n) is 9.32. The van der Waals surface area contributed by atoms with Gasteiger partial charge in [0.1, 0.15) is 10.8 Å². The second-order valence-electron chi connectivity index (χ2n) is 6.54. The number of hydrogen-bond donors (Lipinski definition) is 0. The van der Waals surface area contributed by atoms with E-state index in [0.717, 1.165) is 27.6 Å². The van der Waals surface area contributed by atoms with E-state index in [0.29, 0.717) is 22.1 Å². The van der Waals surface area contributed by atoms with Gasteiger partial charge < -0.3 is 9.47 Å². The number of ether oxygens (including phenoxy) is 2. The largest absolute Gasteiger partial charge is 0.493 e. The second-order valence-corrected chi connectivity index (χ2v) is 8.67. The number of thiazole rings is 1. The Morgan fingerprint density at radius 1 is 1.10 bits per heavy atom. The molecule has 0 amide bonds. The Labute approximate surface area is 186 Å². The number of hydrogen-bond acceptors (Lipinski definition) is 6. The molecule has 3 rings (SSSR count). The molecule has 0 aliphatic carbocycles. The lowest BCUT2D eigenvalue weighted by atomic mass is 10.1. The van der Waals surface area contributed by atoms with Crippen LogP contribution in [-0.2, 0) is 21.5 Å². The predicted octanol–water partition coefficient (Wildman–Crippen LogP) is 6.37. The second kappa shape index (κ2) is 10.2. The lowest BCUT2D eigenvalue weighted by Crippen LogP contribution is -2.07. The van der Waals surface area contributed by atoms with Gasteiger partial charge in [0.15, 0.2) is 0 Å². The number of aryl methyl sites for hydroxylation is 1. The van der Waals surface area contributed by atoms with Crippen molar-refractivity contribution in [2.24, 2.45) is 0 Å². The van der Waals surface area contributed by atoms with Crippen molar-refractivity contribution in [1.29, 1.82) is 0 Å². The maximum atomic E-state index is 12.7. The molecule has 164 valence electrons. The Balaban J connectivity index is 1.58.